The standard InChI is InChI=1S/C13H19N3O2/c1-3-14-12-5-4-11(8-15-12)13(17)16-6-7-18-10(2)9-16/h4-5,8,10H,3,6-7,9H2,1-2H3,(H,14,15). The number of carbonyl (C=O) groups is 1. The SMILES string of the molecule is CCNc1ccc(C(=O)N2CCOC(C)C2)cn1. The smallest absolute Gasteiger partial charge is 0.255 e. The van der Waals surface area contributed by atoms with E-state index in [4.69, 9.17) is 4.74 Å². The Hall–Kier alpha value is -1.62. The minimum Gasteiger partial charge on any atom is -0.375 e. The van der Waals surface area contributed by atoms with Gasteiger partial charge in [-0.1, -0.05) is 0 Å². The van der Waals surface area contributed by atoms with Crippen molar-refractivity contribution >= 4 is 11.7 Å². The van der Waals surface area contributed by atoms with E-state index in [0.29, 0.717) is 25.3 Å². The lowest BCUT2D eigenvalue weighted by atomic mass is 10.2. The van der Waals surface area contributed by atoms with E-state index < -0.39 is 0 Å². The third-order valence-corrected chi connectivity index (χ3v) is 2.90. The van der Waals surface area contributed by atoms with Gasteiger partial charge in [0.05, 0.1) is 18.3 Å². The van der Waals surface area contributed by atoms with Crippen LogP contribution in [0.5, 0.6) is 0 Å². The number of hydrogen-bond acceptors (Lipinski definition) is 4. The summed E-state index contributed by atoms with van der Waals surface area (Å²) >= 11 is 0. The zero-order chi connectivity index (χ0) is 13.0. The Kier molecular flexibility index (Phi) is 4.15. The van der Waals surface area contributed by atoms with Crippen molar-refractivity contribution in [2.45, 2.75) is 20.0 Å². The summed E-state index contributed by atoms with van der Waals surface area (Å²) in [5.74, 6) is 0.824. The summed E-state index contributed by atoms with van der Waals surface area (Å²) in [5.41, 5.74) is 0.630. The summed E-state index contributed by atoms with van der Waals surface area (Å²) in [6.45, 7) is 6.71. The number of carbonyl (C=O) groups excluding carboxylic acids is 1. The first-order valence-electron chi connectivity index (χ1n) is 6.31. The molecule has 1 aromatic rings. The summed E-state index contributed by atoms with van der Waals surface area (Å²) in [7, 11) is 0. The third-order valence-electron chi connectivity index (χ3n) is 2.90. The minimum atomic E-state index is 0.0284. The second kappa shape index (κ2) is 5.82. The Labute approximate surface area is 107 Å². The van der Waals surface area contributed by atoms with Crippen molar-refractivity contribution in [3.8, 4) is 0 Å². The number of amides is 1. The summed E-state index contributed by atoms with van der Waals surface area (Å²) in [5, 5.41) is 3.10. The van der Waals surface area contributed by atoms with E-state index in [9.17, 15) is 4.79 Å². The van der Waals surface area contributed by atoms with Gasteiger partial charge in [0.25, 0.3) is 5.91 Å². The number of morpholine rings is 1. The Bertz CT molecular complexity index is 405. The van der Waals surface area contributed by atoms with Gasteiger partial charge < -0.3 is 15.0 Å². The van der Waals surface area contributed by atoms with Crippen LogP contribution in [-0.2, 0) is 4.74 Å². The van der Waals surface area contributed by atoms with Crippen LogP contribution in [0.4, 0.5) is 5.82 Å². The molecule has 2 rings (SSSR count). The molecule has 0 saturated carbocycles. The van der Waals surface area contributed by atoms with Crippen LogP contribution in [0.15, 0.2) is 18.3 Å². The lowest BCUT2D eigenvalue weighted by molar-refractivity contribution is -0.0124. The highest BCUT2D eigenvalue weighted by Crippen LogP contribution is 2.11. The Morgan fingerprint density at radius 2 is 2.44 bits per heavy atom. The van der Waals surface area contributed by atoms with E-state index in [0.717, 1.165) is 12.4 Å². The van der Waals surface area contributed by atoms with Gasteiger partial charge in [-0.3, -0.25) is 4.79 Å². The number of anilines is 1. The second-order valence-corrected chi connectivity index (χ2v) is 4.40. The molecule has 1 unspecified atom stereocenters. The highest BCUT2D eigenvalue weighted by molar-refractivity contribution is 5.94. The van der Waals surface area contributed by atoms with Crippen molar-refractivity contribution in [1.82, 2.24) is 9.88 Å². The van der Waals surface area contributed by atoms with Crippen LogP contribution in [0.1, 0.15) is 24.2 Å². The zero-order valence-electron chi connectivity index (χ0n) is 10.8. The molecule has 0 aromatic carbocycles. The van der Waals surface area contributed by atoms with Crippen LogP contribution in [0.3, 0.4) is 0 Å². The van der Waals surface area contributed by atoms with Crippen molar-refractivity contribution in [3.05, 3.63) is 23.9 Å². The predicted molar refractivity (Wildman–Crippen MR) is 69.7 cm³/mol. The maximum atomic E-state index is 12.2. The van der Waals surface area contributed by atoms with Gasteiger partial charge in [0.2, 0.25) is 0 Å². The first kappa shape index (κ1) is 12.8. The molecule has 0 spiro atoms. The molecular formula is C13H19N3O2. The van der Waals surface area contributed by atoms with Crippen LogP contribution >= 0.6 is 0 Å². The van der Waals surface area contributed by atoms with Crippen LogP contribution in [0.2, 0.25) is 0 Å². The van der Waals surface area contributed by atoms with Crippen LogP contribution in [0, 0.1) is 0 Å². The van der Waals surface area contributed by atoms with Gasteiger partial charge in [0.1, 0.15) is 5.82 Å². The van der Waals surface area contributed by atoms with Crippen LogP contribution < -0.4 is 5.32 Å². The highest BCUT2D eigenvalue weighted by Gasteiger charge is 2.22. The van der Waals surface area contributed by atoms with E-state index in [-0.39, 0.29) is 12.0 Å². The van der Waals surface area contributed by atoms with Crippen molar-refractivity contribution in [2.24, 2.45) is 0 Å². The fourth-order valence-corrected chi connectivity index (χ4v) is 1.99. The van der Waals surface area contributed by atoms with Gasteiger partial charge >= 0.3 is 0 Å². The molecule has 1 aromatic heterocycles. The molecule has 1 atom stereocenters. The molecule has 0 bridgehead atoms. The second-order valence-electron chi connectivity index (χ2n) is 4.40. The van der Waals surface area contributed by atoms with Gasteiger partial charge in [-0.25, -0.2) is 4.98 Å². The van der Waals surface area contributed by atoms with Gasteiger partial charge in [-0.15, -0.1) is 0 Å². The fraction of sp³-hybridized carbons (Fsp3) is 0.538. The zero-order valence-corrected chi connectivity index (χ0v) is 10.8. The number of nitrogens with zero attached hydrogens (tertiary/aromatic N) is 2. The summed E-state index contributed by atoms with van der Waals surface area (Å²) in [6.07, 6.45) is 1.73. The monoisotopic (exact) mass is 249 g/mol. The van der Waals surface area contributed by atoms with E-state index in [1.807, 2.05) is 30.9 Å². The molecule has 1 aliphatic heterocycles. The number of pyridine rings is 1. The molecule has 1 amide bonds. The Balaban J connectivity index is 2.03. The van der Waals surface area contributed by atoms with Crippen LogP contribution in [0.25, 0.3) is 0 Å². The maximum absolute atomic E-state index is 12.2. The van der Waals surface area contributed by atoms with Crippen molar-refractivity contribution in [3.63, 3.8) is 0 Å². The van der Waals surface area contributed by atoms with E-state index in [1.165, 1.54) is 0 Å². The number of nitrogens with one attached hydrogen (secondary N) is 1. The van der Waals surface area contributed by atoms with Gasteiger partial charge in [-0.05, 0) is 26.0 Å². The molecule has 18 heavy (non-hydrogen) atoms. The summed E-state index contributed by atoms with van der Waals surface area (Å²) in [4.78, 5) is 18.3. The Morgan fingerprint density at radius 3 is 3.06 bits per heavy atom. The average Bonchev–Trinajstić information content (AvgIpc) is 2.39. The first-order chi connectivity index (χ1) is 8.70. The number of aromatic nitrogens is 1. The van der Waals surface area contributed by atoms with Gasteiger partial charge in [0.15, 0.2) is 0 Å². The number of rotatable bonds is 3. The summed E-state index contributed by atoms with van der Waals surface area (Å²) in [6, 6.07) is 3.65. The van der Waals surface area contributed by atoms with Gasteiger partial charge in [0, 0.05) is 25.8 Å². The van der Waals surface area contributed by atoms with Crippen molar-refractivity contribution in [2.75, 3.05) is 31.6 Å². The number of ether oxygens (including phenoxy) is 1. The lowest BCUT2D eigenvalue weighted by Crippen LogP contribution is -2.44. The molecule has 1 aliphatic rings. The third kappa shape index (κ3) is 2.98. The topological polar surface area (TPSA) is 54.5 Å². The molecule has 0 radical (unpaired) electrons. The number of hydrogen-bond donors (Lipinski definition) is 1. The maximum Gasteiger partial charge on any atom is 0.255 e. The van der Waals surface area contributed by atoms with E-state index >= 15 is 0 Å². The van der Waals surface area contributed by atoms with Gasteiger partial charge in [-0.2, -0.15) is 0 Å². The molecule has 1 fully saturated rings. The van der Waals surface area contributed by atoms with E-state index in [2.05, 4.69) is 10.3 Å². The Morgan fingerprint density at radius 1 is 1.61 bits per heavy atom. The lowest BCUT2D eigenvalue weighted by Gasteiger charge is -2.31. The van der Waals surface area contributed by atoms with Crippen molar-refractivity contribution < 1.29 is 9.53 Å². The van der Waals surface area contributed by atoms with Crippen molar-refractivity contribution in [1.29, 1.82) is 0 Å². The van der Waals surface area contributed by atoms with E-state index in [1.54, 1.807) is 6.20 Å². The first-order valence-corrected chi connectivity index (χ1v) is 6.31. The molecule has 5 heteroatoms. The summed E-state index contributed by atoms with van der Waals surface area (Å²) < 4.78 is 5.43. The molecule has 1 saturated heterocycles. The molecule has 0 aliphatic carbocycles. The minimum absolute atomic E-state index is 0.0284. The molecule has 98 valence electrons. The normalized spacial score (nSPS) is 19.7. The molecular weight excluding hydrogens is 230 g/mol. The quantitative estimate of drug-likeness (QED) is 0.879. The highest BCUT2D eigenvalue weighted by atomic mass is 16.5. The molecule has 2 heterocycles. The fourth-order valence-electron chi connectivity index (χ4n) is 1.99. The molecule has 1 N–H and O–H groups in total. The van der Waals surface area contributed by atoms with Crippen LogP contribution in [-0.4, -0.2) is 48.1 Å². The average molecular weight is 249 g/mol. The molecule has 5 nitrogen and oxygen atoms in total. The predicted octanol–water partition coefficient (Wildman–Crippen LogP) is 1.37. The largest absolute Gasteiger partial charge is 0.375 e.